The number of nitriles is 1. The van der Waals surface area contributed by atoms with E-state index in [1.54, 1.807) is 12.3 Å². The van der Waals surface area contributed by atoms with E-state index in [9.17, 15) is 0 Å². The summed E-state index contributed by atoms with van der Waals surface area (Å²) >= 11 is 0. The van der Waals surface area contributed by atoms with Crippen molar-refractivity contribution in [2.45, 2.75) is 0 Å². The highest BCUT2D eigenvalue weighted by atomic mass is 16.5. The Hall–Kier alpha value is -3.13. The molecule has 1 aromatic carbocycles. The molecule has 2 heterocycles. The van der Waals surface area contributed by atoms with Crippen LogP contribution in [0.3, 0.4) is 0 Å². The lowest BCUT2D eigenvalue weighted by molar-refractivity contribution is 0.468. The Morgan fingerprint density at radius 1 is 1.20 bits per heavy atom. The number of aromatic amines is 1. The predicted octanol–water partition coefficient (Wildman–Crippen LogP) is 3.29. The van der Waals surface area contributed by atoms with Crippen molar-refractivity contribution in [2.75, 3.05) is 0 Å². The first-order chi connectivity index (χ1) is 9.88. The molecule has 0 saturated carbocycles. The summed E-state index contributed by atoms with van der Waals surface area (Å²) in [5, 5.41) is 9.38. The number of aromatic nitrogens is 3. The van der Waals surface area contributed by atoms with Gasteiger partial charge in [0, 0.05) is 17.8 Å². The van der Waals surface area contributed by atoms with E-state index >= 15 is 0 Å². The Morgan fingerprint density at radius 3 is 2.85 bits per heavy atom. The van der Waals surface area contributed by atoms with Gasteiger partial charge in [-0.05, 0) is 18.2 Å². The molecule has 0 aliphatic carbocycles. The molecule has 20 heavy (non-hydrogen) atoms. The Morgan fingerprint density at radius 2 is 2.05 bits per heavy atom. The monoisotopic (exact) mass is 262 g/mol. The minimum Gasteiger partial charge on any atom is -0.438 e. The number of nitrogens with zero attached hydrogens (tertiary/aromatic N) is 3. The number of para-hydroxylation sites is 1. The largest absolute Gasteiger partial charge is 0.438 e. The lowest BCUT2D eigenvalue weighted by Crippen LogP contribution is -1.90. The third-order valence-corrected chi connectivity index (χ3v) is 2.76. The molecule has 0 saturated heterocycles. The van der Waals surface area contributed by atoms with Gasteiger partial charge in [-0.1, -0.05) is 18.2 Å². The van der Waals surface area contributed by atoms with E-state index in [4.69, 9.17) is 10.00 Å². The average Bonchev–Trinajstić information content (AvgIpc) is 2.90. The molecule has 0 unspecified atom stereocenters. The molecule has 0 fully saturated rings. The molecule has 0 spiro atoms. The average molecular weight is 262 g/mol. The number of ether oxygens (including phenoxy) is 1. The van der Waals surface area contributed by atoms with Gasteiger partial charge in [-0.15, -0.1) is 0 Å². The van der Waals surface area contributed by atoms with E-state index in [0.29, 0.717) is 17.3 Å². The van der Waals surface area contributed by atoms with Gasteiger partial charge in [0.15, 0.2) is 0 Å². The number of H-pyrrole nitrogens is 1. The third-order valence-electron chi connectivity index (χ3n) is 2.76. The molecule has 0 aliphatic heterocycles. The van der Waals surface area contributed by atoms with Gasteiger partial charge in [-0.2, -0.15) is 5.26 Å². The summed E-state index contributed by atoms with van der Waals surface area (Å²) in [4.78, 5) is 11.4. The van der Waals surface area contributed by atoms with Crippen molar-refractivity contribution in [3.63, 3.8) is 0 Å². The SMILES string of the molecule is N#C/C=C/c1c[nH]c2ncnc(Oc3ccccc3)c12. The Balaban J connectivity index is 2.08. The van der Waals surface area contributed by atoms with Crippen LogP contribution in [0.25, 0.3) is 17.1 Å². The lowest BCUT2D eigenvalue weighted by Gasteiger charge is -2.05. The van der Waals surface area contributed by atoms with Crippen LogP contribution in [0.5, 0.6) is 11.6 Å². The second-order valence-corrected chi connectivity index (χ2v) is 4.02. The normalized spacial score (nSPS) is 10.8. The van der Waals surface area contributed by atoms with E-state index in [1.807, 2.05) is 36.4 Å². The minimum absolute atomic E-state index is 0.458. The van der Waals surface area contributed by atoms with Crippen LogP contribution in [0, 0.1) is 11.3 Å². The maximum absolute atomic E-state index is 8.63. The van der Waals surface area contributed by atoms with Gasteiger partial charge in [-0.25, -0.2) is 9.97 Å². The number of hydrogen-bond acceptors (Lipinski definition) is 4. The summed E-state index contributed by atoms with van der Waals surface area (Å²) in [6.07, 6.45) is 6.31. The summed E-state index contributed by atoms with van der Waals surface area (Å²) in [6.45, 7) is 0. The molecule has 0 aliphatic rings. The lowest BCUT2D eigenvalue weighted by atomic mass is 10.2. The van der Waals surface area contributed by atoms with Crippen molar-refractivity contribution in [3.05, 3.63) is 54.5 Å². The fourth-order valence-corrected chi connectivity index (χ4v) is 1.89. The van der Waals surface area contributed by atoms with E-state index in [0.717, 1.165) is 10.9 Å². The molecule has 0 bridgehead atoms. The van der Waals surface area contributed by atoms with E-state index in [2.05, 4.69) is 15.0 Å². The summed E-state index contributed by atoms with van der Waals surface area (Å²) in [6, 6.07) is 11.4. The molecular formula is C15H10N4O. The van der Waals surface area contributed by atoms with Gasteiger partial charge >= 0.3 is 0 Å². The highest BCUT2D eigenvalue weighted by molar-refractivity contribution is 5.90. The fraction of sp³-hybridized carbons (Fsp3) is 0. The van der Waals surface area contributed by atoms with Gasteiger partial charge < -0.3 is 9.72 Å². The molecule has 0 amide bonds. The molecule has 96 valence electrons. The summed E-state index contributed by atoms with van der Waals surface area (Å²) in [5.41, 5.74) is 1.48. The van der Waals surface area contributed by atoms with Crippen molar-refractivity contribution in [1.29, 1.82) is 5.26 Å². The van der Waals surface area contributed by atoms with Crippen molar-refractivity contribution in [1.82, 2.24) is 15.0 Å². The zero-order chi connectivity index (χ0) is 13.8. The van der Waals surface area contributed by atoms with Crippen LogP contribution in [0.1, 0.15) is 5.56 Å². The van der Waals surface area contributed by atoms with E-state index in [1.165, 1.54) is 12.4 Å². The summed E-state index contributed by atoms with van der Waals surface area (Å²) in [7, 11) is 0. The molecule has 5 heteroatoms. The maximum Gasteiger partial charge on any atom is 0.232 e. The topological polar surface area (TPSA) is 74.6 Å². The fourth-order valence-electron chi connectivity index (χ4n) is 1.89. The molecule has 3 rings (SSSR count). The zero-order valence-corrected chi connectivity index (χ0v) is 10.4. The number of hydrogen-bond donors (Lipinski definition) is 1. The number of benzene rings is 1. The van der Waals surface area contributed by atoms with Crippen LogP contribution in [0.15, 0.2) is 48.9 Å². The van der Waals surface area contributed by atoms with Gasteiger partial charge in [0.05, 0.1) is 11.5 Å². The molecular weight excluding hydrogens is 252 g/mol. The van der Waals surface area contributed by atoms with Gasteiger partial charge in [0.1, 0.15) is 17.7 Å². The quantitative estimate of drug-likeness (QED) is 0.735. The standard InChI is InChI=1S/C15H10N4O/c16-8-4-5-11-9-17-14-13(11)15(19-10-18-14)20-12-6-2-1-3-7-12/h1-7,9-10H,(H,17,18,19)/b5-4+. The second-order valence-electron chi connectivity index (χ2n) is 4.02. The molecule has 1 N–H and O–H groups in total. The van der Waals surface area contributed by atoms with Gasteiger partial charge in [0.2, 0.25) is 5.88 Å². The number of nitrogens with one attached hydrogen (secondary N) is 1. The van der Waals surface area contributed by atoms with Crippen LogP contribution in [-0.2, 0) is 0 Å². The summed E-state index contributed by atoms with van der Waals surface area (Å²) < 4.78 is 5.78. The van der Waals surface area contributed by atoms with Crippen molar-refractivity contribution in [2.24, 2.45) is 0 Å². The van der Waals surface area contributed by atoms with Crippen molar-refractivity contribution >= 4 is 17.1 Å². The highest BCUT2D eigenvalue weighted by Crippen LogP contribution is 2.29. The van der Waals surface area contributed by atoms with Crippen LogP contribution < -0.4 is 4.74 Å². The van der Waals surface area contributed by atoms with Crippen LogP contribution in [0.4, 0.5) is 0 Å². The maximum atomic E-state index is 8.63. The number of fused-ring (bicyclic) bond motifs is 1. The van der Waals surface area contributed by atoms with Crippen LogP contribution >= 0.6 is 0 Å². The molecule has 5 nitrogen and oxygen atoms in total. The third kappa shape index (κ3) is 2.22. The zero-order valence-electron chi connectivity index (χ0n) is 10.4. The molecule has 2 aromatic heterocycles. The Labute approximate surface area is 115 Å². The number of allylic oxidation sites excluding steroid dienone is 1. The van der Waals surface area contributed by atoms with Gasteiger partial charge in [-0.3, -0.25) is 0 Å². The summed E-state index contributed by atoms with van der Waals surface area (Å²) in [5.74, 6) is 1.16. The van der Waals surface area contributed by atoms with Crippen molar-refractivity contribution in [3.8, 4) is 17.7 Å². The molecule has 0 atom stereocenters. The first kappa shape index (κ1) is 11.9. The first-order valence-corrected chi connectivity index (χ1v) is 5.99. The molecule has 3 aromatic rings. The Bertz CT molecular complexity index is 800. The predicted molar refractivity (Wildman–Crippen MR) is 75.1 cm³/mol. The minimum atomic E-state index is 0.458. The van der Waals surface area contributed by atoms with Crippen molar-refractivity contribution < 1.29 is 4.74 Å². The smallest absolute Gasteiger partial charge is 0.232 e. The molecule has 0 radical (unpaired) electrons. The van der Waals surface area contributed by atoms with Crippen LogP contribution in [0.2, 0.25) is 0 Å². The Kier molecular flexibility index (Phi) is 3.13. The second kappa shape index (κ2) is 5.24. The van der Waals surface area contributed by atoms with Gasteiger partial charge in [0.25, 0.3) is 0 Å². The van der Waals surface area contributed by atoms with E-state index in [-0.39, 0.29) is 0 Å². The van der Waals surface area contributed by atoms with E-state index < -0.39 is 0 Å². The van der Waals surface area contributed by atoms with Crippen LogP contribution in [-0.4, -0.2) is 15.0 Å². The number of rotatable bonds is 3. The highest BCUT2D eigenvalue weighted by Gasteiger charge is 2.11. The first-order valence-electron chi connectivity index (χ1n) is 5.99.